The van der Waals surface area contributed by atoms with Crippen molar-refractivity contribution >= 4 is 16.9 Å². The van der Waals surface area contributed by atoms with Gasteiger partial charge in [-0.3, -0.25) is 14.9 Å². The molecule has 4 rings (SSSR count). The molecule has 3 aromatic rings. The summed E-state index contributed by atoms with van der Waals surface area (Å²) >= 11 is 0. The van der Waals surface area contributed by atoms with Crippen molar-refractivity contribution in [1.82, 2.24) is 15.2 Å². The van der Waals surface area contributed by atoms with E-state index in [1.807, 2.05) is 24.3 Å². The van der Waals surface area contributed by atoms with Crippen molar-refractivity contribution in [3.63, 3.8) is 0 Å². The predicted molar refractivity (Wildman–Crippen MR) is 86.1 cm³/mol. The standard InChI is InChI=1S/C18H13N3O2/c1-23-13-4-5-14-15(7-13)18(22)17(11-3-2-6-19-8-11)16(14)12-9-20-21-10-12/h2-10H,1H3,(H,20,21). The Hall–Kier alpha value is -3.21. The van der Waals surface area contributed by atoms with Gasteiger partial charge in [-0.2, -0.15) is 5.10 Å². The summed E-state index contributed by atoms with van der Waals surface area (Å²) in [6, 6.07) is 9.27. The molecular weight excluding hydrogens is 290 g/mol. The fraction of sp³-hybridized carbons (Fsp3) is 0.0556. The number of hydrogen-bond acceptors (Lipinski definition) is 4. The van der Waals surface area contributed by atoms with Gasteiger partial charge in [0.2, 0.25) is 0 Å². The second-order valence-electron chi connectivity index (χ2n) is 5.22. The smallest absolute Gasteiger partial charge is 0.195 e. The lowest BCUT2D eigenvalue weighted by Crippen LogP contribution is -1.99. The molecule has 5 heteroatoms. The van der Waals surface area contributed by atoms with Crippen molar-refractivity contribution in [3.05, 3.63) is 77.4 Å². The predicted octanol–water partition coefficient (Wildman–Crippen LogP) is 2.97. The Kier molecular flexibility index (Phi) is 3.05. The van der Waals surface area contributed by atoms with Gasteiger partial charge in [-0.1, -0.05) is 6.07 Å². The van der Waals surface area contributed by atoms with Gasteiger partial charge in [0.05, 0.1) is 13.3 Å². The van der Waals surface area contributed by atoms with Crippen LogP contribution in [0.4, 0.5) is 0 Å². The number of fused-ring (bicyclic) bond motifs is 1. The lowest BCUT2D eigenvalue weighted by atomic mass is 9.97. The summed E-state index contributed by atoms with van der Waals surface area (Å²) in [7, 11) is 1.59. The third kappa shape index (κ3) is 2.05. The molecule has 0 fully saturated rings. The lowest BCUT2D eigenvalue weighted by Gasteiger charge is -2.06. The highest BCUT2D eigenvalue weighted by molar-refractivity contribution is 6.41. The Bertz CT molecular complexity index is 913. The van der Waals surface area contributed by atoms with Gasteiger partial charge in [0.15, 0.2) is 5.78 Å². The fourth-order valence-corrected chi connectivity index (χ4v) is 2.91. The van der Waals surface area contributed by atoms with E-state index in [1.165, 1.54) is 0 Å². The number of carbonyl (C=O) groups excluding carboxylic acids is 1. The number of benzene rings is 1. The van der Waals surface area contributed by atoms with Crippen molar-refractivity contribution in [2.24, 2.45) is 0 Å². The second-order valence-corrected chi connectivity index (χ2v) is 5.22. The molecule has 2 aromatic heterocycles. The van der Waals surface area contributed by atoms with Crippen LogP contribution in [0.2, 0.25) is 0 Å². The number of nitrogens with one attached hydrogen (secondary N) is 1. The summed E-state index contributed by atoms with van der Waals surface area (Å²) < 4.78 is 5.25. The molecular formula is C18H13N3O2. The zero-order chi connectivity index (χ0) is 15.8. The summed E-state index contributed by atoms with van der Waals surface area (Å²) in [5.41, 5.74) is 4.71. The van der Waals surface area contributed by atoms with E-state index in [2.05, 4.69) is 15.2 Å². The summed E-state index contributed by atoms with van der Waals surface area (Å²) in [5, 5.41) is 6.83. The molecule has 1 aliphatic rings. The monoisotopic (exact) mass is 303 g/mol. The number of rotatable bonds is 3. The van der Waals surface area contributed by atoms with E-state index in [1.54, 1.807) is 38.0 Å². The van der Waals surface area contributed by atoms with Gasteiger partial charge in [-0.15, -0.1) is 0 Å². The largest absolute Gasteiger partial charge is 0.497 e. The molecule has 23 heavy (non-hydrogen) atoms. The van der Waals surface area contributed by atoms with E-state index in [0.717, 1.165) is 22.3 Å². The first-order valence-corrected chi connectivity index (χ1v) is 7.16. The maximum absolute atomic E-state index is 13.0. The van der Waals surface area contributed by atoms with Gasteiger partial charge >= 0.3 is 0 Å². The molecule has 0 saturated carbocycles. The molecule has 0 aliphatic heterocycles. The molecule has 5 nitrogen and oxygen atoms in total. The molecule has 0 bridgehead atoms. The molecule has 0 unspecified atom stereocenters. The number of ether oxygens (including phenoxy) is 1. The average Bonchev–Trinajstić information content (AvgIpc) is 3.22. The highest BCUT2D eigenvalue weighted by Gasteiger charge is 2.32. The topological polar surface area (TPSA) is 67.9 Å². The van der Waals surface area contributed by atoms with Crippen molar-refractivity contribution in [2.45, 2.75) is 0 Å². The quantitative estimate of drug-likeness (QED) is 0.807. The Morgan fingerprint density at radius 2 is 1.96 bits per heavy atom. The normalized spacial score (nSPS) is 13.3. The van der Waals surface area contributed by atoms with Crippen molar-refractivity contribution < 1.29 is 9.53 Å². The maximum Gasteiger partial charge on any atom is 0.195 e. The molecule has 1 aliphatic carbocycles. The number of H-pyrrole nitrogens is 1. The Balaban J connectivity index is 2.00. The van der Waals surface area contributed by atoms with Gasteiger partial charge in [-0.25, -0.2) is 0 Å². The number of aromatic nitrogens is 3. The number of ketones is 1. The second kappa shape index (κ2) is 5.21. The van der Waals surface area contributed by atoms with Crippen molar-refractivity contribution in [3.8, 4) is 5.75 Å². The highest BCUT2D eigenvalue weighted by atomic mass is 16.5. The summed E-state index contributed by atoms with van der Waals surface area (Å²) in [6.45, 7) is 0. The molecule has 0 spiro atoms. The third-order valence-corrected chi connectivity index (χ3v) is 3.95. The van der Waals surface area contributed by atoms with Crippen LogP contribution in [0.25, 0.3) is 11.1 Å². The van der Waals surface area contributed by atoms with E-state index < -0.39 is 0 Å². The average molecular weight is 303 g/mol. The van der Waals surface area contributed by atoms with Gasteiger partial charge in [-0.05, 0) is 29.8 Å². The number of nitrogens with zero attached hydrogens (tertiary/aromatic N) is 2. The zero-order valence-corrected chi connectivity index (χ0v) is 12.4. The minimum atomic E-state index is -0.0249. The van der Waals surface area contributed by atoms with Crippen LogP contribution in [0.1, 0.15) is 27.0 Å². The van der Waals surface area contributed by atoms with E-state index in [9.17, 15) is 4.79 Å². The van der Waals surface area contributed by atoms with Crippen LogP contribution in [-0.2, 0) is 0 Å². The number of pyridine rings is 1. The SMILES string of the molecule is COc1ccc2c(c1)C(=O)C(c1cccnc1)=C2c1cn[nH]c1. The first-order valence-electron chi connectivity index (χ1n) is 7.16. The Morgan fingerprint density at radius 1 is 1.04 bits per heavy atom. The van der Waals surface area contributed by atoms with Crippen LogP contribution in [0.3, 0.4) is 0 Å². The van der Waals surface area contributed by atoms with E-state index >= 15 is 0 Å². The molecule has 1 aromatic carbocycles. The van der Waals surface area contributed by atoms with Gasteiger partial charge in [0, 0.05) is 46.4 Å². The zero-order valence-electron chi connectivity index (χ0n) is 12.4. The number of methoxy groups -OCH3 is 1. The number of carbonyl (C=O) groups is 1. The molecule has 0 atom stereocenters. The van der Waals surface area contributed by atoms with Crippen LogP contribution >= 0.6 is 0 Å². The summed E-state index contributed by atoms with van der Waals surface area (Å²) in [4.78, 5) is 17.1. The van der Waals surface area contributed by atoms with Crippen LogP contribution in [-0.4, -0.2) is 28.1 Å². The number of allylic oxidation sites excluding steroid dienone is 1. The third-order valence-electron chi connectivity index (χ3n) is 3.95. The summed E-state index contributed by atoms with van der Waals surface area (Å²) in [5.74, 6) is 0.638. The minimum absolute atomic E-state index is 0.0249. The molecule has 2 heterocycles. The fourth-order valence-electron chi connectivity index (χ4n) is 2.91. The van der Waals surface area contributed by atoms with Gasteiger partial charge in [0.25, 0.3) is 0 Å². The molecule has 0 amide bonds. The van der Waals surface area contributed by atoms with Gasteiger partial charge < -0.3 is 4.74 Å². The molecule has 0 radical (unpaired) electrons. The van der Waals surface area contributed by atoms with Crippen LogP contribution in [0.5, 0.6) is 5.75 Å². The van der Waals surface area contributed by atoms with E-state index in [-0.39, 0.29) is 5.78 Å². The molecule has 112 valence electrons. The number of hydrogen-bond donors (Lipinski definition) is 1. The highest BCUT2D eigenvalue weighted by Crippen LogP contribution is 2.42. The van der Waals surface area contributed by atoms with Crippen LogP contribution in [0.15, 0.2) is 55.1 Å². The summed E-state index contributed by atoms with van der Waals surface area (Å²) in [6.07, 6.45) is 6.91. The first-order chi connectivity index (χ1) is 11.3. The van der Waals surface area contributed by atoms with E-state index in [4.69, 9.17) is 4.74 Å². The molecule has 1 N–H and O–H groups in total. The van der Waals surface area contributed by atoms with E-state index in [0.29, 0.717) is 16.9 Å². The minimum Gasteiger partial charge on any atom is -0.497 e. The molecule has 0 saturated heterocycles. The Morgan fingerprint density at radius 3 is 2.65 bits per heavy atom. The van der Waals surface area contributed by atoms with Crippen molar-refractivity contribution in [2.75, 3.05) is 7.11 Å². The van der Waals surface area contributed by atoms with Gasteiger partial charge in [0.1, 0.15) is 5.75 Å². The van der Waals surface area contributed by atoms with Crippen LogP contribution < -0.4 is 4.74 Å². The Labute approximate surface area is 132 Å². The van der Waals surface area contributed by atoms with Crippen molar-refractivity contribution in [1.29, 1.82) is 0 Å². The number of Topliss-reactive ketones (excluding diaryl/α,β-unsaturated/α-hetero) is 1. The maximum atomic E-state index is 13.0. The first kappa shape index (κ1) is 13.5. The lowest BCUT2D eigenvalue weighted by molar-refractivity contribution is 0.105. The number of aromatic amines is 1. The van der Waals surface area contributed by atoms with Crippen LogP contribution in [0, 0.1) is 0 Å².